The van der Waals surface area contributed by atoms with Crippen molar-refractivity contribution in [1.82, 2.24) is 15.5 Å². The van der Waals surface area contributed by atoms with E-state index in [-0.39, 0.29) is 17.1 Å². The number of hydrogen-bond acceptors (Lipinski definition) is 5. The second kappa shape index (κ2) is 6.66. The molecule has 124 valence electrons. The number of aromatic nitrogens is 2. The molecule has 1 aromatic carbocycles. The number of nitrogens with zero attached hydrogens (tertiary/aromatic N) is 2. The Morgan fingerprint density at radius 3 is 2.70 bits per heavy atom. The van der Waals surface area contributed by atoms with E-state index < -0.39 is 0 Å². The number of rotatable bonds is 5. The Hall–Kier alpha value is -1.95. The molecular formula is C17H22FN3O2. The Bertz CT molecular complexity index is 666. The van der Waals surface area contributed by atoms with Crippen LogP contribution < -0.4 is 10.1 Å². The van der Waals surface area contributed by atoms with Crippen molar-refractivity contribution in [1.29, 1.82) is 0 Å². The van der Waals surface area contributed by atoms with Gasteiger partial charge in [-0.25, -0.2) is 4.39 Å². The number of hydrogen-bond donors (Lipinski definition) is 1. The summed E-state index contributed by atoms with van der Waals surface area (Å²) in [4.78, 5) is 4.43. The second-order valence-corrected chi connectivity index (χ2v) is 6.10. The maximum Gasteiger partial charge on any atom is 0.223 e. The van der Waals surface area contributed by atoms with Crippen LogP contribution in [-0.4, -0.2) is 17.3 Å². The maximum absolute atomic E-state index is 13.8. The summed E-state index contributed by atoms with van der Waals surface area (Å²) in [5.74, 6) is 1.20. The van der Waals surface area contributed by atoms with Gasteiger partial charge in [0.2, 0.25) is 5.89 Å². The van der Waals surface area contributed by atoms with Crippen LogP contribution in [0.2, 0.25) is 0 Å². The summed E-state index contributed by atoms with van der Waals surface area (Å²) >= 11 is 0. The van der Waals surface area contributed by atoms with Crippen molar-refractivity contribution < 1.29 is 13.7 Å². The third-order valence-electron chi connectivity index (χ3n) is 4.51. The van der Waals surface area contributed by atoms with Gasteiger partial charge in [-0.1, -0.05) is 30.5 Å². The van der Waals surface area contributed by atoms with Gasteiger partial charge in [-0.15, -0.1) is 0 Å². The van der Waals surface area contributed by atoms with E-state index >= 15 is 0 Å². The van der Waals surface area contributed by atoms with Gasteiger partial charge in [0.25, 0.3) is 0 Å². The molecule has 3 rings (SSSR count). The summed E-state index contributed by atoms with van der Waals surface area (Å²) in [7, 11) is 1.46. The fraction of sp³-hybridized carbons (Fsp3) is 0.529. The minimum atomic E-state index is -0.347. The highest BCUT2D eigenvalue weighted by atomic mass is 19.1. The van der Waals surface area contributed by atoms with E-state index in [4.69, 9.17) is 9.26 Å². The summed E-state index contributed by atoms with van der Waals surface area (Å²) in [5.41, 5.74) is 0.584. The van der Waals surface area contributed by atoms with E-state index in [1.54, 1.807) is 13.0 Å². The minimum absolute atomic E-state index is 0.259. The van der Waals surface area contributed by atoms with E-state index in [2.05, 4.69) is 15.5 Å². The smallest absolute Gasteiger partial charge is 0.223 e. The number of nitrogens with one attached hydrogen (secondary N) is 1. The summed E-state index contributed by atoms with van der Waals surface area (Å²) in [6.07, 6.45) is 5.39. The van der Waals surface area contributed by atoms with E-state index in [1.165, 1.54) is 19.6 Å². The zero-order chi connectivity index (χ0) is 16.3. The van der Waals surface area contributed by atoms with Crippen LogP contribution in [-0.2, 0) is 12.1 Å². The van der Waals surface area contributed by atoms with Gasteiger partial charge in [0.05, 0.1) is 12.6 Å². The summed E-state index contributed by atoms with van der Waals surface area (Å²) in [5, 5.41) is 7.68. The predicted octanol–water partition coefficient (Wildman–Crippen LogP) is 3.47. The van der Waals surface area contributed by atoms with Crippen molar-refractivity contribution in [2.75, 3.05) is 7.11 Å². The number of methoxy groups -OCH3 is 1. The lowest BCUT2D eigenvalue weighted by Crippen LogP contribution is -2.44. The van der Waals surface area contributed by atoms with E-state index in [0.29, 0.717) is 18.3 Å². The van der Waals surface area contributed by atoms with Gasteiger partial charge in [-0.2, -0.15) is 4.98 Å². The monoisotopic (exact) mass is 319 g/mol. The van der Waals surface area contributed by atoms with Crippen LogP contribution in [0, 0.1) is 12.7 Å². The fourth-order valence-corrected chi connectivity index (χ4v) is 3.22. The molecule has 1 saturated carbocycles. The quantitative estimate of drug-likeness (QED) is 0.914. The van der Waals surface area contributed by atoms with Gasteiger partial charge >= 0.3 is 0 Å². The zero-order valence-electron chi connectivity index (χ0n) is 13.6. The molecular weight excluding hydrogens is 297 g/mol. The van der Waals surface area contributed by atoms with Crippen LogP contribution in [0.1, 0.15) is 49.4 Å². The molecule has 0 spiro atoms. The van der Waals surface area contributed by atoms with Crippen LogP contribution in [0.5, 0.6) is 5.75 Å². The summed E-state index contributed by atoms with van der Waals surface area (Å²) in [6, 6.07) is 5.02. The third kappa shape index (κ3) is 3.37. The fourth-order valence-electron chi connectivity index (χ4n) is 3.22. The molecule has 23 heavy (non-hydrogen) atoms. The van der Waals surface area contributed by atoms with Gasteiger partial charge in [0.15, 0.2) is 17.4 Å². The molecule has 1 N–H and O–H groups in total. The molecule has 1 aromatic heterocycles. The molecule has 1 fully saturated rings. The Morgan fingerprint density at radius 2 is 2.09 bits per heavy atom. The molecule has 0 bridgehead atoms. The molecule has 0 saturated heterocycles. The lowest BCUT2D eigenvalue weighted by molar-refractivity contribution is 0.210. The lowest BCUT2D eigenvalue weighted by atomic mass is 9.81. The maximum atomic E-state index is 13.8. The first kappa shape index (κ1) is 15.9. The van der Waals surface area contributed by atoms with Gasteiger partial charge < -0.3 is 14.6 Å². The van der Waals surface area contributed by atoms with Crippen molar-refractivity contribution in [3.63, 3.8) is 0 Å². The highest BCUT2D eigenvalue weighted by molar-refractivity contribution is 5.29. The largest absolute Gasteiger partial charge is 0.494 e. The normalized spacial score (nSPS) is 17.2. The highest BCUT2D eigenvalue weighted by Gasteiger charge is 2.37. The standard InChI is InChI=1S/C17H22FN3O2/c1-12-20-16(21-23-12)17(8-4-3-5-9-17)19-11-13-6-7-15(22-2)14(18)10-13/h6-7,10,19H,3-5,8-9,11H2,1-2H3. The van der Waals surface area contributed by atoms with E-state index in [1.807, 2.05) is 6.07 Å². The number of benzene rings is 1. The van der Waals surface area contributed by atoms with Crippen molar-refractivity contribution in [2.45, 2.75) is 51.1 Å². The molecule has 2 aromatic rings. The molecule has 0 radical (unpaired) electrons. The van der Waals surface area contributed by atoms with E-state index in [0.717, 1.165) is 31.2 Å². The van der Waals surface area contributed by atoms with Gasteiger partial charge in [0, 0.05) is 13.5 Å². The molecule has 1 aliphatic carbocycles. The van der Waals surface area contributed by atoms with Crippen LogP contribution in [0.3, 0.4) is 0 Å². The topological polar surface area (TPSA) is 60.2 Å². The first-order valence-electron chi connectivity index (χ1n) is 8.01. The molecule has 0 atom stereocenters. The molecule has 6 heteroatoms. The summed E-state index contributed by atoms with van der Waals surface area (Å²) in [6.45, 7) is 2.35. The van der Waals surface area contributed by atoms with Crippen molar-refractivity contribution in [3.8, 4) is 5.75 Å². The predicted molar refractivity (Wildman–Crippen MR) is 83.6 cm³/mol. The number of ether oxygens (including phenoxy) is 1. The Labute approximate surface area is 135 Å². The van der Waals surface area contributed by atoms with Crippen molar-refractivity contribution in [2.24, 2.45) is 0 Å². The van der Waals surface area contributed by atoms with Crippen LogP contribution in [0.15, 0.2) is 22.7 Å². The van der Waals surface area contributed by atoms with Crippen molar-refractivity contribution in [3.05, 3.63) is 41.3 Å². The SMILES string of the molecule is COc1ccc(CNC2(c3noc(C)n3)CCCCC2)cc1F. The molecule has 0 amide bonds. The Kier molecular flexibility index (Phi) is 4.61. The molecule has 1 heterocycles. The van der Waals surface area contributed by atoms with E-state index in [9.17, 15) is 4.39 Å². The number of halogens is 1. The van der Waals surface area contributed by atoms with Crippen LogP contribution in [0.4, 0.5) is 4.39 Å². The molecule has 1 aliphatic rings. The van der Waals surface area contributed by atoms with Gasteiger partial charge in [-0.3, -0.25) is 0 Å². The third-order valence-corrected chi connectivity index (χ3v) is 4.51. The Balaban J connectivity index is 1.78. The zero-order valence-corrected chi connectivity index (χ0v) is 13.6. The average Bonchev–Trinajstić information content (AvgIpc) is 3.01. The first-order chi connectivity index (χ1) is 11.1. The second-order valence-electron chi connectivity index (χ2n) is 6.10. The summed E-state index contributed by atoms with van der Waals surface area (Å²) < 4.78 is 24.0. The average molecular weight is 319 g/mol. The van der Waals surface area contributed by atoms with Gasteiger partial charge in [-0.05, 0) is 30.5 Å². The molecule has 5 nitrogen and oxygen atoms in total. The first-order valence-corrected chi connectivity index (χ1v) is 8.01. The van der Waals surface area contributed by atoms with Crippen LogP contribution in [0.25, 0.3) is 0 Å². The lowest BCUT2D eigenvalue weighted by Gasteiger charge is -2.35. The minimum Gasteiger partial charge on any atom is -0.494 e. The number of aryl methyl sites for hydroxylation is 1. The molecule has 0 unspecified atom stereocenters. The van der Waals surface area contributed by atoms with Crippen molar-refractivity contribution >= 4 is 0 Å². The van der Waals surface area contributed by atoms with Crippen LogP contribution >= 0.6 is 0 Å². The van der Waals surface area contributed by atoms with Gasteiger partial charge in [0.1, 0.15) is 0 Å². The Morgan fingerprint density at radius 1 is 1.30 bits per heavy atom. The highest BCUT2D eigenvalue weighted by Crippen LogP contribution is 2.36. The molecule has 0 aliphatic heterocycles.